The maximum Gasteiger partial charge on any atom is 0.141 e. The summed E-state index contributed by atoms with van der Waals surface area (Å²) in [6, 6.07) is 3.28. The predicted molar refractivity (Wildman–Crippen MR) is 92.4 cm³/mol. The van der Waals surface area contributed by atoms with Crippen molar-refractivity contribution in [3.63, 3.8) is 0 Å². The molecule has 2 N–H and O–H groups in total. The number of nitrogens with zero attached hydrogens (tertiary/aromatic N) is 1. The largest absolute Gasteiger partial charge is 0.506 e. The highest BCUT2D eigenvalue weighted by molar-refractivity contribution is 9.10. The Balaban J connectivity index is 0.00000200. The van der Waals surface area contributed by atoms with Crippen molar-refractivity contribution in [3.8, 4) is 5.75 Å². The van der Waals surface area contributed by atoms with E-state index < -0.39 is 5.82 Å². The molecule has 0 amide bonds. The Kier molecular flexibility index (Phi) is 9.81. The van der Waals surface area contributed by atoms with E-state index in [1.165, 1.54) is 6.07 Å². The predicted octanol–water partition coefficient (Wildman–Crippen LogP) is 3.88. The lowest BCUT2D eigenvalue weighted by Gasteiger charge is -2.35. The van der Waals surface area contributed by atoms with E-state index in [9.17, 15) is 9.50 Å². The second kappa shape index (κ2) is 9.85. The average molecular weight is 404 g/mol. The van der Waals surface area contributed by atoms with Gasteiger partial charge in [-0.1, -0.05) is 19.4 Å². The Morgan fingerprint density at radius 1 is 1.33 bits per heavy atom. The van der Waals surface area contributed by atoms with Crippen LogP contribution in [0, 0.1) is 5.82 Å². The maximum absolute atomic E-state index is 13.4. The lowest BCUT2D eigenvalue weighted by Crippen LogP contribution is -2.45. The summed E-state index contributed by atoms with van der Waals surface area (Å²) < 4.78 is 13.6. The van der Waals surface area contributed by atoms with Crippen molar-refractivity contribution in [2.45, 2.75) is 25.8 Å². The van der Waals surface area contributed by atoms with Gasteiger partial charge in [0.1, 0.15) is 11.6 Å². The fraction of sp³-hybridized carbons (Fsp3) is 0.571. The highest BCUT2D eigenvalue weighted by Gasteiger charge is 2.25. The normalized spacial score (nSPS) is 16.7. The van der Waals surface area contributed by atoms with Crippen molar-refractivity contribution < 1.29 is 9.50 Å². The third-order valence-electron chi connectivity index (χ3n) is 3.61. The zero-order valence-electron chi connectivity index (χ0n) is 11.9. The third kappa shape index (κ3) is 4.96. The van der Waals surface area contributed by atoms with E-state index in [2.05, 4.69) is 33.1 Å². The molecule has 0 radical (unpaired) electrons. The lowest BCUT2D eigenvalue weighted by molar-refractivity contribution is 0.162. The van der Waals surface area contributed by atoms with E-state index >= 15 is 0 Å². The number of hydrogen-bond acceptors (Lipinski definition) is 3. The van der Waals surface area contributed by atoms with Gasteiger partial charge >= 0.3 is 0 Å². The quantitative estimate of drug-likeness (QED) is 0.800. The van der Waals surface area contributed by atoms with E-state index in [1.54, 1.807) is 6.07 Å². The number of piperazine rings is 1. The number of phenolic OH excluding ortho intramolecular Hbond substituents is 1. The Labute approximate surface area is 146 Å². The molecule has 1 aromatic rings. The van der Waals surface area contributed by atoms with Gasteiger partial charge in [-0.05, 0) is 28.4 Å². The molecule has 3 nitrogen and oxygen atoms in total. The van der Waals surface area contributed by atoms with E-state index in [4.69, 9.17) is 0 Å². The van der Waals surface area contributed by atoms with E-state index in [-0.39, 0.29) is 41.1 Å². The minimum atomic E-state index is -0.420. The number of halogens is 4. The first-order chi connectivity index (χ1) is 9.15. The van der Waals surface area contributed by atoms with Gasteiger partial charge in [0, 0.05) is 37.8 Å². The average Bonchev–Trinajstić information content (AvgIpc) is 2.44. The van der Waals surface area contributed by atoms with Crippen LogP contribution in [0.3, 0.4) is 0 Å². The summed E-state index contributed by atoms with van der Waals surface area (Å²) in [6.45, 7) is 5.97. The summed E-state index contributed by atoms with van der Waals surface area (Å²) in [5.41, 5.74) is 0.817. The maximum atomic E-state index is 13.4. The van der Waals surface area contributed by atoms with Gasteiger partial charge in [-0.3, -0.25) is 4.90 Å². The highest BCUT2D eigenvalue weighted by atomic mass is 79.9. The molecule has 1 aliphatic heterocycles. The SMILES string of the molecule is CCC[C@H](c1ccc(F)c(Br)c1O)N1CCNCC1.Cl.Cl. The van der Waals surface area contributed by atoms with Crippen LogP contribution in [-0.4, -0.2) is 36.2 Å². The molecule has 1 aromatic carbocycles. The van der Waals surface area contributed by atoms with Crippen molar-refractivity contribution in [3.05, 3.63) is 28.0 Å². The van der Waals surface area contributed by atoms with Gasteiger partial charge in [0.2, 0.25) is 0 Å². The number of hydrogen-bond donors (Lipinski definition) is 2. The van der Waals surface area contributed by atoms with Crippen LogP contribution in [-0.2, 0) is 0 Å². The van der Waals surface area contributed by atoms with Crippen LogP contribution in [0.25, 0.3) is 0 Å². The number of aromatic hydroxyl groups is 1. The summed E-state index contributed by atoms with van der Waals surface area (Å²) >= 11 is 3.12. The molecule has 0 unspecified atom stereocenters. The van der Waals surface area contributed by atoms with Gasteiger partial charge in [0.05, 0.1) is 4.47 Å². The Bertz CT molecular complexity index is 445. The summed E-state index contributed by atoms with van der Waals surface area (Å²) in [5, 5.41) is 13.5. The molecule has 21 heavy (non-hydrogen) atoms. The second-order valence-corrected chi connectivity index (χ2v) is 5.68. The van der Waals surface area contributed by atoms with Crippen LogP contribution >= 0.6 is 40.7 Å². The third-order valence-corrected chi connectivity index (χ3v) is 4.37. The molecule has 1 saturated heterocycles. The van der Waals surface area contributed by atoms with E-state index in [0.717, 1.165) is 44.6 Å². The Morgan fingerprint density at radius 3 is 2.52 bits per heavy atom. The molecule has 1 aliphatic rings. The monoisotopic (exact) mass is 402 g/mol. The van der Waals surface area contributed by atoms with Gasteiger partial charge in [0.15, 0.2) is 0 Å². The topological polar surface area (TPSA) is 35.5 Å². The molecule has 122 valence electrons. The molecule has 0 aliphatic carbocycles. The molecule has 2 rings (SSSR count). The van der Waals surface area contributed by atoms with Crippen LogP contribution in [0.4, 0.5) is 4.39 Å². The second-order valence-electron chi connectivity index (χ2n) is 4.89. The Morgan fingerprint density at radius 2 is 1.95 bits per heavy atom. The van der Waals surface area contributed by atoms with Gasteiger partial charge < -0.3 is 10.4 Å². The van der Waals surface area contributed by atoms with Crippen LogP contribution in [0.5, 0.6) is 5.75 Å². The molecule has 0 aromatic heterocycles. The number of phenols is 1. The standard InChI is InChI=1S/C14H20BrFN2O.2ClH/c1-2-3-12(18-8-6-17-7-9-18)10-4-5-11(16)13(15)14(10)19;;/h4-5,12,17,19H,2-3,6-9H2,1H3;2*1H/t12-;;/m1../s1. The number of nitrogens with one attached hydrogen (secondary N) is 1. The molecular weight excluding hydrogens is 382 g/mol. The van der Waals surface area contributed by atoms with Crippen LogP contribution < -0.4 is 5.32 Å². The zero-order chi connectivity index (χ0) is 13.8. The highest BCUT2D eigenvalue weighted by Crippen LogP contribution is 2.38. The smallest absolute Gasteiger partial charge is 0.141 e. The first-order valence-corrected chi connectivity index (χ1v) is 7.56. The minimum absolute atomic E-state index is 0. The molecule has 1 fully saturated rings. The Hall–Kier alpha value is -0.0700. The van der Waals surface area contributed by atoms with Crippen molar-refractivity contribution in [1.82, 2.24) is 10.2 Å². The molecular formula is C14H22BrCl2FN2O. The van der Waals surface area contributed by atoms with Gasteiger partial charge in [0.25, 0.3) is 0 Å². The molecule has 1 heterocycles. The molecule has 1 atom stereocenters. The molecule has 0 spiro atoms. The van der Waals surface area contributed by atoms with Crippen LogP contribution in [0.2, 0.25) is 0 Å². The van der Waals surface area contributed by atoms with Crippen molar-refractivity contribution in [2.24, 2.45) is 0 Å². The summed E-state index contributed by atoms with van der Waals surface area (Å²) in [6.07, 6.45) is 1.99. The first-order valence-electron chi connectivity index (χ1n) is 6.76. The summed E-state index contributed by atoms with van der Waals surface area (Å²) in [5.74, 6) is -0.381. The molecule has 7 heteroatoms. The molecule has 0 saturated carbocycles. The van der Waals surface area contributed by atoms with Gasteiger partial charge in [-0.2, -0.15) is 0 Å². The van der Waals surface area contributed by atoms with Crippen LogP contribution in [0.1, 0.15) is 31.4 Å². The lowest BCUT2D eigenvalue weighted by atomic mass is 9.99. The molecule has 0 bridgehead atoms. The fourth-order valence-corrected chi connectivity index (χ4v) is 2.99. The minimum Gasteiger partial charge on any atom is -0.506 e. The number of benzene rings is 1. The van der Waals surface area contributed by atoms with Crippen molar-refractivity contribution in [1.29, 1.82) is 0 Å². The van der Waals surface area contributed by atoms with E-state index in [0.29, 0.717) is 0 Å². The van der Waals surface area contributed by atoms with Crippen molar-refractivity contribution >= 4 is 40.7 Å². The number of rotatable bonds is 4. The summed E-state index contributed by atoms with van der Waals surface area (Å²) in [7, 11) is 0. The van der Waals surface area contributed by atoms with Crippen molar-refractivity contribution in [2.75, 3.05) is 26.2 Å². The van der Waals surface area contributed by atoms with Gasteiger partial charge in [-0.15, -0.1) is 24.8 Å². The fourth-order valence-electron chi connectivity index (χ4n) is 2.63. The summed E-state index contributed by atoms with van der Waals surface area (Å²) in [4.78, 5) is 2.36. The van der Waals surface area contributed by atoms with E-state index in [1.807, 2.05) is 0 Å². The zero-order valence-corrected chi connectivity index (χ0v) is 15.2. The van der Waals surface area contributed by atoms with Gasteiger partial charge in [-0.25, -0.2) is 4.39 Å². The first kappa shape index (κ1) is 20.9. The van der Waals surface area contributed by atoms with Crippen LogP contribution in [0.15, 0.2) is 16.6 Å².